The third kappa shape index (κ3) is 4.80. The molecule has 2 atom stereocenters. The van der Waals surface area contributed by atoms with Gasteiger partial charge in [0.25, 0.3) is 0 Å². The highest BCUT2D eigenvalue weighted by atomic mass is 16.6. The molecule has 38 heavy (non-hydrogen) atoms. The fourth-order valence-corrected chi connectivity index (χ4v) is 6.53. The van der Waals surface area contributed by atoms with E-state index in [-0.39, 0.29) is 12.1 Å². The Bertz CT molecular complexity index is 1320. The number of ether oxygens (including phenoxy) is 1. The van der Waals surface area contributed by atoms with Gasteiger partial charge in [-0.15, -0.1) is 0 Å². The molecule has 3 aromatic rings. The number of likely N-dealkylation sites (N-methyl/N-ethyl adjacent to an activating group) is 1. The van der Waals surface area contributed by atoms with E-state index in [1.54, 1.807) is 4.57 Å². The number of nitrogens with zero attached hydrogens (tertiary/aromatic N) is 6. The molecule has 2 aromatic heterocycles. The first-order chi connectivity index (χ1) is 18.3. The summed E-state index contributed by atoms with van der Waals surface area (Å²) in [4.78, 5) is 31.0. The lowest BCUT2D eigenvalue weighted by molar-refractivity contribution is 0.0497. The summed E-state index contributed by atoms with van der Waals surface area (Å²) < 4.78 is 7.64. The van der Waals surface area contributed by atoms with Gasteiger partial charge in [0.15, 0.2) is 0 Å². The third-order valence-corrected chi connectivity index (χ3v) is 8.35. The van der Waals surface area contributed by atoms with Crippen molar-refractivity contribution in [3.8, 4) is 0 Å². The van der Waals surface area contributed by atoms with E-state index < -0.39 is 5.60 Å². The molecule has 8 nitrogen and oxygen atoms in total. The molecule has 1 aliphatic carbocycles. The second kappa shape index (κ2) is 9.97. The average Bonchev–Trinajstić information content (AvgIpc) is 3.26. The Morgan fingerprint density at radius 2 is 1.87 bits per heavy atom. The van der Waals surface area contributed by atoms with E-state index in [1.165, 1.54) is 24.1 Å². The number of fused-ring (bicyclic) bond motifs is 4. The number of imidazole rings is 1. The summed E-state index contributed by atoms with van der Waals surface area (Å²) in [5.74, 6) is 1.34. The summed E-state index contributed by atoms with van der Waals surface area (Å²) in [5.41, 5.74) is 4.78. The lowest BCUT2D eigenvalue weighted by Crippen LogP contribution is -2.44. The first-order valence-corrected chi connectivity index (χ1v) is 14.1. The van der Waals surface area contributed by atoms with Crippen LogP contribution >= 0.6 is 0 Å². The zero-order valence-corrected chi connectivity index (χ0v) is 23.2. The SMILES string of the molecule is CN1CCN(c2cccc3c2nc(CN2CCC[C@@H]4CCc5cccnc5[C@H]42)n3C(=O)OC(C)(C)C)CC1. The van der Waals surface area contributed by atoms with Crippen molar-refractivity contribution in [3.63, 3.8) is 0 Å². The van der Waals surface area contributed by atoms with Crippen molar-refractivity contribution in [1.82, 2.24) is 24.3 Å². The number of piperazine rings is 1. The van der Waals surface area contributed by atoms with Gasteiger partial charge in [-0.25, -0.2) is 14.3 Å². The number of aromatic nitrogens is 3. The number of para-hydroxylation sites is 1. The predicted molar refractivity (Wildman–Crippen MR) is 150 cm³/mol. The van der Waals surface area contributed by atoms with E-state index in [0.717, 1.165) is 68.1 Å². The molecule has 0 spiro atoms. The van der Waals surface area contributed by atoms with Crippen molar-refractivity contribution in [2.75, 3.05) is 44.7 Å². The van der Waals surface area contributed by atoms with Gasteiger partial charge in [0.05, 0.1) is 29.5 Å². The van der Waals surface area contributed by atoms with Crippen molar-refractivity contribution in [2.45, 2.75) is 64.6 Å². The van der Waals surface area contributed by atoms with Crippen LogP contribution in [0.25, 0.3) is 11.0 Å². The number of likely N-dealkylation sites (tertiary alicyclic amines) is 1. The number of anilines is 1. The second-order valence-electron chi connectivity index (χ2n) is 12.2. The van der Waals surface area contributed by atoms with Crippen LogP contribution in [0.5, 0.6) is 0 Å². The molecule has 8 heteroatoms. The van der Waals surface area contributed by atoms with Crippen LogP contribution in [-0.2, 0) is 17.7 Å². The quantitative estimate of drug-likeness (QED) is 0.492. The largest absolute Gasteiger partial charge is 0.443 e. The molecule has 2 fully saturated rings. The Kier molecular flexibility index (Phi) is 6.64. The highest BCUT2D eigenvalue weighted by molar-refractivity contribution is 5.95. The van der Waals surface area contributed by atoms with Gasteiger partial charge in [-0.2, -0.15) is 0 Å². The van der Waals surface area contributed by atoms with Crippen molar-refractivity contribution < 1.29 is 9.53 Å². The van der Waals surface area contributed by atoms with E-state index in [0.29, 0.717) is 12.5 Å². The minimum Gasteiger partial charge on any atom is -0.443 e. The van der Waals surface area contributed by atoms with E-state index in [2.05, 4.69) is 33.9 Å². The molecule has 2 saturated heterocycles. The van der Waals surface area contributed by atoms with Gasteiger partial charge >= 0.3 is 6.09 Å². The van der Waals surface area contributed by atoms with Gasteiger partial charge in [0.1, 0.15) is 16.9 Å². The first-order valence-electron chi connectivity index (χ1n) is 14.1. The standard InChI is InChI=1S/C30H40N6O2/c1-30(2,3)38-29(37)36-24-11-5-10-23(34-18-16-33(4)17-19-34)27(24)32-25(36)20-35-15-7-9-22-13-12-21-8-6-14-31-26(21)28(22)35/h5-6,8,10-11,14,22,28H,7,9,12-13,15-20H2,1-4H3/t22-,28+/m1/s1. The molecule has 4 heterocycles. The number of pyridine rings is 1. The summed E-state index contributed by atoms with van der Waals surface area (Å²) in [6.45, 7) is 11.2. The Balaban J connectivity index is 1.41. The molecule has 202 valence electrons. The van der Waals surface area contributed by atoms with Crippen LogP contribution in [0.1, 0.15) is 63.2 Å². The van der Waals surface area contributed by atoms with Gasteiger partial charge in [0, 0.05) is 32.4 Å². The maximum atomic E-state index is 13.7. The molecule has 0 amide bonds. The van der Waals surface area contributed by atoms with Gasteiger partial charge in [0.2, 0.25) is 0 Å². The molecule has 2 aliphatic heterocycles. The lowest BCUT2D eigenvalue weighted by atomic mass is 9.77. The maximum absolute atomic E-state index is 13.7. The number of rotatable bonds is 3. The van der Waals surface area contributed by atoms with Crippen molar-refractivity contribution in [3.05, 3.63) is 53.6 Å². The first kappa shape index (κ1) is 25.3. The maximum Gasteiger partial charge on any atom is 0.420 e. The van der Waals surface area contributed by atoms with E-state index in [4.69, 9.17) is 14.7 Å². The average molecular weight is 517 g/mol. The molecular formula is C30H40N6O2. The Morgan fingerprint density at radius 1 is 1.05 bits per heavy atom. The van der Waals surface area contributed by atoms with Gasteiger partial charge in [-0.3, -0.25) is 9.88 Å². The number of carbonyl (C=O) groups is 1. The molecule has 0 radical (unpaired) electrons. The van der Waals surface area contributed by atoms with E-state index in [1.807, 2.05) is 45.2 Å². The smallest absolute Gasteiger partial charge is 0.420 e. The summed E-state index contributed by atoms with van der Waals surface area (Å²) in [6.07, 6.45) is 6.24. The molecule has 0 saturated carbocycles. The molecule has 3 aliphatic rings. The predicted octanol–water partition coefficient (Wildman–Crippen LogP) is 4.87. The van der Waals surface area contributed by atoms with Crippen molar-refractivity contribution >= 4 is 22.8 Å². The fraction of sp³-hybridized carbons (Fsp3) is 0.567. The van der Waals surface area contributed by atoms with Crippen LogP contribution in [-0.4, -0.2) is 75.8 Å². The van der Waals surface area contributed by atoms with E-state index in [9.17, 15) is 4.79 Å². The Hall–Kier alpha value is -2.97. The summed E-state index contributed by atoms with van der Waals surface area (Å²) in [6, 6.07) is 10.7. The number of hydrogen-bond donors (Lipinski definition) is 0. The third-order valence-electron chi connectivity index (χ3n) is 8.35. The number of benzene rings is 1. The number of carbonyl (C=O) groups excluding carboxylic acids is 1. The highest BCUT2D eigenvalue weighted by Crippen LogP contribution is 2.43. The zero-order chi connectivity index (χ0) is 26.4. The summed E-state index contributed by atoms with van der Waals surface area (Å²) in [7, 11) is 2.16. The van der Waals surface area contributed by atoms with Crippen LogP contribution in [0, 0.1) is 5.92 Å². The summed E-state index contributed by atoms with van der Waals surface area (Å²) >= 11 is 0. The highest BCUT2D eigenvalue weighted by Gasteiger charge is 2.38. The Morgan fingerprint density at radius 3 is 2.66 bits per heavy atom. The van der Waals surface area contributed by atoms with Gasteiger partial charge in [-0.1, -0.05) is 12.1 Å². The normalized spacial score (nSPS) is 22.8. The fourth-order valence-electron chi connectivity index (χ4n) is 6.53. The number of hydrogen-bond acceptors (Lipinski definition) is 7. The van der Waals surface area contributed by atoms with Crippen molar-refractivity contribution in [1.29, 1.82) is 0 Å². The van der Waals surface area contributed by atoms with Crippen LogP contribution in [0.4, 0.5) is 10.5 Å². The molecule has 6 rings (SSSR count). The van der Waals surface area contributed by atoms with Gasteiger partial charge < -0.3 is 14.5 Å². The van der Waals surface area contributed by atoms with Crippen LogP contribution in [0.3, 0.4) is 0 Å². The van der Waals surface area contributed by atoms with Crippen LogP contribution in [0.2, 0.25) is 0 Å². The second-order valence-corrected chi connectivity index (χ2v) is 12.2. The van der Waals surface area contributed by atoms with E-state index >= 15 is 0 Å². The summed E-state index contributed by atoms with van der Waals surface area (Å²) in [5, 5.41) is 0. The molecular weight excluding hydrogens is 476 g/mol. The van der Waals surface area contributed by atoms with Crippen molar-refractivity contribution in [2.24, 2.45) is 5.92 Å². The number of piperidine rings is 1. The molecule has 0 N–H and O–H groups in total. The Labute approximate surface area is 225 Å². The molecule has 1 aromatic carbocycles. The minimum atomic E-state index is -0.595. The topological polar surface area (TPSA) is 66.7 Å². The molecule has 0 unspecified atom stereocenters. The van der Waals surface area contributed by atoms with Gasteiger partial charge in [-0.05, 0) is 89.7 Å². The molecule has 0 bridgehead atoms. The van der Waals surface area contributed by atoms with Crippen LogP contribution < -0.4 is 4.90 Å². The monoisotopic (exact) mass is 516 g/mol. The zero-order valence-electron chi connectivity index (χ0n) is 23.2. The lowest BCUT2D eigenvalue weighted by Gasteiger charge is -2.44. The number of aryl methyl sites for hydroxylation is 1. The van der Waals surface area contributed by atoms with Crippen LogP contribution in [0.15, 0.2) is 36.5 Å². The minimum absolute atomic E-state index is 0.262.